The van der Waals surface area contributed by atoms with Crippen LogP contribution >= 0.6 is 0 Å². The minimum atomic E-state index is -1.30. The van der Waals surface area contributed by atoms with Crippen molar-refractivity contribution in [2.75, 3.05) is 0 Å². The maximum absolute atomic E-state index is 13.9. The molecule has 0 amide bonds. The van der Waals surface area contributed by atoms with E-state index in [0.29, 0.717) is 18.8 Å². The first-order valence-corrected chi connectivity index (χ1v) is 9.72. The van der Waals surface area contributed by atoms with Crippen molar-refractivity contribution in [2.45, 2.75) is 51.4 Å². The maximum Gasteiger partial charge on any atom is 0.314 e. The fraction of sp³-hybridized carbons (Fsp3) is 0.391. The molecule has 0 radical (unpaired) electrons. The van der Waals surface area contributed by atoms with E-state index in [1.54, 1.807) is 6.07 Å². The fourth-order valence-electron chi connectivity index (χ4n) is 3.80. The standard InChI is InChI=1S/C23H23F2NO2/c1-2-3-15-4-6-16(7-5-15)17-8-10-18(11-9-17)23(27)28-20-13-12-19(14-26)21(24)22(20)25/h4-7,12-13,17-18H,2-3,8-11H2,1H3/t17-,18-. The molecule has 146 valence electrons. The Balaban J connectivity index is 1.58. The summed E-state index contributed by atoms with van der Waals surface area (Å²) in [5.74, 6) is -3.51. The van der Waals surface area contributed by atoms with E-state index in [-0.39, 0.29) is 5.92 Å². The number of esters is 1. The van der Waals surface area contributed by atoms with Crippen LogP contribution in [0.1, 0.15) is 61.6 Å². The molecule has 0 saturated heterocycles. The Hall–Kier alpha value is -2.74. The van der Waals surface area contributed by atoms with Crippen LogP contribution in [-0.2, 0) is 11.2 Å². The SMILES string of the molecule is CCCc1ccc([C@H]2CC[C@H](C(=O)Oc3ccc(C#N)c(F)c3F)CC2)cc1. The summed E-state index contributed by atoms with van der Waals surface area (Å²) in [6, 6.07) is 12.5. The minimum absolute atomic E-state index is 0.325. The number of nitrogens with zero attached hydrogens (tertiary/aromatic N) is 1. The van der Waals surface area contributed by atoms with E-state index in [1.807, 2.05) is 0 Å². The zero-order chi connectivity index (χ0) is 20.1. The van der Waals surface area contributed by atoms with Crippen LogP contribution in [0.3, 0.4) is 0 Å². The number of aryl methyl sites for hydroxylation is 1. The molecule has 0 aliphatic heterocycles. The van der Waals surface area contributed by atoms with Gasteiger partial charge in [0.1, 0.15) is 6.07 Å². The predicted octanol–water partition coefficient (Wildman–Crippen LogP) is 5.67. The summed E-state index contributed by atoms with van der Waals surface area (Å²) in [7, 11) is 0. The molecule has 0 atom stereocenters. The summed E-state index contributed by atoms with van der Waals surface area (Å²) >= 11 is 0. The number of hydrogen-bond acceptors (Lipinski definition) is 3. The average Bonchev–Trinajstić information content (AvgIpc) is 2.72. The number of carbonyl (C=O) groups is 1. The van der Waals surface area contributed by atoms with Gasteiger partial charge in [-0.05, 0) is 61.3 Å². The van der Waals surface area contributed by atoms with E-state index in [2.05, 4.69) is 31.2 Å². The van der Waals surface area contributed by atoms with Crippen molar-refractivity contribution in [3.05, 3.63) is 64.7 Å². The zero-order valence-electron chi connectivity index (χ0n) is 15.9. The lowest BCUT2D eigenvalue weighted by Crippen LogP contribution is -2.25. The molecule has 2 aromatic carbocycles. The van der Waals surface area contributed by atoms with Crippen molar-refractivity contribution in [2.24, 2.45) is 5.92 Å². The van der Waals surface area contributed by atoms with E-state index in [1.165, 1.54) is 11.1 Å². The molecule has 1 saturated carbocycles. The van der Waals surface area contributed by atoms with Gasteiger partial charge >= 0.3 is 5.97 Å². The van der Waals surface area contributed by atoms with Crippen LogP contribution in [0.15, 0.2) is 36.4 Å². The van der Waals surface area contributed by atoms with Gasteiger partial charge in [0.15, 0.2) is 11.6 Å². The highest BCUT2D eigenvalue weighted by Gasteiger charge is 2.29. The Labute approximate surface area is 163 Å². The molecule has 0 aromatic heterocycles. The van der Waals surface area contributed by atoms with Gasteiger partial charge in [0.05, 0.1) is 11.5 Å². The molecule has 0 heterocycles. The molecule has 3 nitrogen and oxygen atoms in total. The fourth-order valence-corrected chi connectivity index (χ4v) is 3.80. The number of ether oxygens (including phenoxy) is 1. The topological polar surface area (TPSA) is 50.1 Å². The molecule has 1 aliphatic carbocycles. The highest BCUT2D eigenvalue weighted by atomic mass is 19.2. The van der Waals surface area contributed by atoms with Crippen LogP contribution in [-0.4, -0.2) is 5.97 Å². The third-order valence-electron chi connectivity index (χ3n) is 5.43. The lowest BCUT2D eigenvalue weighted by atomic mass is 9.78. The van der Waals surface area contributed by atoms with Gasteiger partial charge in [-0.15, -0.1) is 0 Å². The van der Waals surface area contributed by atoms with Gasteiger partial charge in [-0.25, -0.2) is 4.39 Å². The first-order valence-electron chi connectivity index (χ1n) is 9.72. The quantitative estimate of drug-likeness (QED) is 0.494. The molecule has 2 aromatic rings. The van der Waals surface area contributed by atoms with Crippen LogP contribution in [0.5, 0.6) is 5.75 Å². The number of hydrogen-bond donors (Lipinski definition) is 0. The van der Waals surface area contributed by atoms with Crippen LogP contribution in [0, 0.1) is 28.9 Å². The van der Waals surface area contributed by atoms with E-state index in [9.17, 15) is 13.6 Å². The summed E-state index contributed by atoms with van der Waals surface area (Å²) in [6.07, 6.45) is 5.22. The summed E-state index contributed by atoms with van der Waals surface area (Å²) in [5.41, 5.74) is 2.20. The van der Waals surface area contributed by atoms with Gasteiger partial charge in [-0.1, -0.05) is 37.6 Å². The first-order chi connectivity index (χ1) is 13.5. The molecular weight excluding hydrogens is 360 g/mol. The smallest absolute Gasteiger partial charge is 0.314 e. The zero-order valence-corrected chi connectivity index (χ0v) is 15.9. The minimum Gasteiger partial charge on any atom is -0.423 e. The van der Waals surface area contributed by atoms with Gasteiger partial charge in [-0.3, -0.25) is 4.79 Å². The number of benzene rings is 2. The van der Waals surface area contributed by atoms with Crippen LogP contribution in [0.25, 0.3) is 0 Å². The molecule has 28 heavy (non-hydrogen) atoms. The molecule has 1 aliphatic rings. The Morgan fingerprint density at radius 2 is 1.75 bits per heavy atom. The van der Waals surface area contributed by atoms with Crippen molar-refractivity contribution in [1.29, 1.82) is 5.26 Å². The third kappa shape index (κ3) is 4.39. The Morgan fingerprint density at radius 3 is 2.36 bits per heavy atom. The molecule has 3 rings (SSSR count). The Morgan fingerprint density at radius 1 is 1.07 bits per heavy atom. The lowest BCUT2D eigenvalue weighted by molar-refractivity contribution is -0.140. The van der Waals surface area contributed by atoms with Gasteiger partial charge in [0.25, 0.3) is 0 Å². The van der Waals surface area contributed by atoms with E-state index in [0.717, 1.165) is 37.8 Å². The summed E-state index contributed by atoms with van der Waals surface area (Å²) in [4.78, 5) is 12.4. The summed E-state index contributed by atoms with van der Waals surface area (Å²) in [5, 5.41) is 8.72. The van der Waals surface area contributed by atoms with Crippen molar-refractivity contribution in [3.63, 3.8) is 0 Å². The number of rotatable bonds is 5. The first kappa shape index (κ1) is 20.0. The monoisotopic (exact) mass is 383 g/mol. The molecule has 1 fully saturated rings. The van der Waals surface area contributed by atoms with Crippen molar-refractivity contribution < 1.29 is 18.3 Å². The summed E-state index contributed by atoms with van der Waals surface area (Å²) in [6.45, 7) is 2.16. The molecule has 0 unspecified atom stereocenters. The molecule has 0 bridgehead atoms. The van der Waals surface area contributed by atoms with Crippen molar-refractivity contribution in [1.82, 2.24) is 0 Å². The van der Waals surface area contributed by atoms with Crippen molar-refractivity contribution >= 4 is 5.97 Å². The van der Waals surface area contributed by atoms with Gasteiger partial charge < -0.3 is 4.74 Å². The number of nitriles is 1. The van der Waals surface area contributed by atoms with E-state index < -0.39 is 28.9 Å². The Bertz CT molecular complexity index is 879. The van der Waals surface area contributed by atoms with Gasteiger partial charge in [-0.2, -0.15) is 9.65 Å². The normalized spacial score (nSPS) is 19.1. The van der Waals surface area contributed by atoms with Crippen molar-refractivity contribution in [3.8, 4) is 11.8 Å². The second-order valence-electron chi connectivity index (χ2n) is 7.31. The second-order valence-corrected chi connectivity index (χ2v) is 7.31. The molecule has 0 N–H and O–H groups in total. The van der Waals surface area contributed by atoms with Crippen LogP contribution in [0.4, 0.5) is 8.78 Å². The van der Waals surface area contributed by atoms with Crippen LogP contribution < -0.4 is 4.74 Å². The number of carbonyl (C=O) groups excluding carboxylic acids is 1. The summed E-state index contributed by atoms with van der Waals surface area (Å²) < 4.78 is 32.7. The number of halogens is 2. The maximum atomic E-state index is 13.9. The molecule has 0 spiro atoms. The average molecular weight is 383 g/mol. The molecule has 5 heteroatoms. The third-order valence-corrected chi connectivity index (χ3v) is 5.43. The van der Waals surface area contributed by atoms with E-state index >= 15 is 0 Å². The highest BCUT2D eigenvalue weighted by molar-refractivity contribution is 5.75. The van der Waals surface area contributed by atoms with E-state index in [4.69, 9.17) is 10.00 Å². The lowest BCUT2D eigenvalue weighted by Gasteiger charge is -2.27. The van der Waals surface area contributed by atoms with Crippen LogP contribution in [0.2, 0.25) is 0 Å². The Kier molecular flexibility index (Phi) is 6.41. The van der Waals surface area contributed by atoms with Gasteiger partial charge in [0, 0.05) is 0 Å². The van der Waals surface area contributed by atoms with Gasteiger partial charge in [0.2, 0.25) is 5.82 Å². The highest BCUT2D eigenvalue weighted by Crippen LogP contribution is 2.37. The predicted molar refractivity (Wildman–Crippen MR) is 102 cm³/mol. The molecular formula is C23H23F2NO2. The largest absolute Gasteiger partial charge is 0.423 e. The second kappa shape index (κ2) is 8.97.